The van der Waals surface area contributed by atoms with Crippen LogP contribution in [-0.4, -0.2) is 67.3 Å². The van der Waals surface area contributed by atoms with Crippen LogP contribution in [0.15, 0.2) is 6.20 Å². The quantitative estimate of drug-likeness (QED) is 0.628. The van der Waals surface area contributed by atoms with Gasteiger partial charge >= 0.3 is 6.18 Å². The van der Waals surface area contributed by atoms with Crippen molar-refractivity contribution < 1.29 is 39.5 Å². The van der Waals surface area contributed by atoms with Gasteiger partial charge in [0, 0.05) is 19.3 Å². The number of rotatable bonds is 7. The maximum atomic E-state index is 14.4. The van der Waals surface area contributed by atoms with Gasteiger partial charge in [-0.15, -0.1) is 0 Å². The highest BCUT2D eigenvalue weighted by Crippen LogP contribution is 2.51. The number of hydrogen-bond donors (Lipinski definition) is 1. The van der Waals surface area contributed by atoms with Crippen molar-refractivity contribution in [1.82, 2.24) is 14.3 Å². The van der Waals surface area contributed by atoms with E-state index in [9.17, 15) is 34.8 Å². The van der Waals surface area contributed by atoms with Crippen molar-refractivity contribution in [3.8, 4) is 5.88 Å². The van der Waals surface area contributed by atoms with Gasteiger partial charge in [0.15, 0.2) is 0 Å². The Kier molecular flexibility index (Phi) is 6.11. The van der Waals surface area contributed by atoms with Crippen LogP contribution in [0.1, 0.15) is 24.8 Å². The number of aromatic nitrogens is 2. The average molecular weight is 462 g/mol. The summed E-state index contributed by atoms with van der Waals surface area (Å²) in [4.78, 5) is 7.15. The van der Waals surface area contributed by atoms with Crippen molar-refractivity contribution in [2.45, 2.75) is 44.1 Å². The van der Waals surface area contributed by atoms with Gasteiger partial charge in [0.2, 0.25) is 28.3 Å². The number of hydrogen-bond acceptors (Lipinski definition) is 6. The number of piperidine rings is 1. The molecule has 2 atom stereocenters. The minimum atomic E-state index is -4.88. The lowest BCUT2D eigenvalue weighted by Gasteiger charge is -2.33. The maximum absolute atomic E-state index is 14.4. The Morgan fingerprint density at radius 3 is 2.53 bits per heavy atom. The van der Waals surface area contributed by atoms with E-state index in [0.29, 0.717) is 6.20 Å². The summed E-state index contributed by atoms with van der Waals surface area (Å²) < 4.78 is 109. The third kappa shape index (κ3) is 5.07. The van der Waals surface area contributed by atoms with Crippen molar-refractivity contribution in [2.75, 3.05) is 31.3 Å². The summed E-state index contributed by atoms with van der Waals surface area (Å²) in [5, 5.41) is 2.54. The highest BCUT2D eigenvalue weighted by Gasteiger charge is 2.52. The van der Waals surface area contributed by atoms with Crippen molar-refractivity contribution in [3.63, 3.8) is 0 Å². The number of halogens is 6. The van der Waals surface area contributed by atoms with Gasteiger partial charge in [-0.05, 0) is 19.3 Å². The predicted molar refractivity (Wildman–Crippen MR) is 93.5 cm³/mol. The molecule has 1 aromatic heterocycles. The minimum Gasteiger partial charge on any atom is -0.476 e. The largest absolute Gasteiger partial charge is 0.476 e. The Morgan fingerprint density at radius 1 is 1.37 bits per heavy atom. The topological polar surface area (TPSA) is 84.4 Å². The molecule has 1 N–H and O–H groups in total. The van der Waals surface area contributed by atoms with E-state index in [-0.39, 0.29) is 31.8 Å². The van der Waals surface area contributed by atoms with Gasteiger partial charge in [-0.2, -0.15) is 22.5 Å². The molecule has 1 aliphatic carbocycles. The van der Waals surface area contributed by atoms with E-state index in [1.807, 2.05) is 0 Å². The van der Waals surface area contributed by atoms with Gasteiger partial charge in [0.1, 0.15) is 18.3 Å². The Bertz CT molecular complexity index is 878. The number of nitrogens with one attached hydrogen (secondary N) is 1. The van der Waals surface area contributed by atoms with Crippen LogP contribution in [0, 0.1) is 5.41 Å². The summed E-state index contributed by atoms with van der Waals surface area (Å²) in [5.41, 5.74) is -2.81. The van der Waals surface area contributed by atoms with Crippen LogP contribution in [0.3, 0.4) is 0 Å². The molecule has 0 amide bonds. The second kappa shape index (κ2) is 8.02. The lowest BCUT2D eigenvalue weighted by Crippen LogP contribution is -2.49. The first-order valence-corrected chi connectivity index (χ1v) is 10.9. The molecule has 30 heavy (non-hydrogen) atoms. The van der Waals surface area contributed by atoms with Gasteiger partial charge in [0.25, 0.3) is 0 Å². The average Bonchev–Trinajstić information content (AvgIpc) is 3.41. The summed E-state index contributed by atoms with van der Waals surface area (Å²) in [6.45, 7) is -1.04. The predicted octanol–water partition coefficient (Wildman–Crippen LogP) is 2.70. The molecule has 1 aliphatic heterocycles. The van der Waals surface area contributed by atoms with Crippen LogP contribution in [0.5, 0.6) is 5.88 Å². The van der Waals surface area contributed by atoms with E-state index in [1.165, 1.54) is 0 Å². The molecule has 2 aliphatic rings. The fourth-order valence-corrected chi connectivity index (χ4v) is 3.90. The lowest BCUT2D eigenvalue weighted by molar-refractivity contribution is -0.139. The number of nitrogens with zero attached hydrogens (tertiary/aromatic N) is 3. The molecule has 0 bridgehead atoms. The molecule has 0 aromatic carbocycles. The van der Waals surface area contributed by atoms with E-state index in [0.717, 1.165) is 10.6 Å². The van der Waals surface area contributed by atoms with Gasteiger partial charge in [-0.1, -0.05) is 0 Å². The second-order valence-corrected chi connectivity index (χ2v) is 9.52. The lowest BCUT2D eigenvalue weighted by atomic mass is 10.1. The second-order valence-electron chi connectivity index (χ2n) is 7.54. The van der Waals surface area contributed by atoms with Gasteiger partial charge < -0.3 is 10.1 Å². The van der Waals surface area contributed by atoms with Crippen molar-refractivity contribution in [2.24, 2.45) is 5.41 Å². The van der Waals surface area contributed by atoms with Crippen LogP contribution < -0.4 is 10.1 Å². The van der Waals surface area contributed by atoms with Crippen LogP contribution in [0.4, 0.5) is 32.3 Å². The van der Waals surface area contributed by atoms with E-state index in [4.69, 9.17) is 4.74 Å². The monoisotopic (exact) mass is 462 g/mol. The molecule has 3 rings (SSSR count). The first-order valence-electron chi connectivity index (χ1n) is 9.03. The highest BCUT2D eigenvalue weighted by molar-refractivity contribution is 7.88. The Labute approximate surface area is 168 Å². The number of sulfonamides is 1. The van der Waals surface area contributed by atoms with Gasteiger partial charge in [0.05, 0.1) is 17.7 Å². The SMILES string of the molecule is CS(=O)(=O)N1CC[C@H](Nc2ncc(C(F)(F)F)c(OCC3(C(F)F)CC3)n2)[C@H](F)C1. The fraction of sp³-hybridized carbons (Fsp3) is 0.750. The molecule has 1 saturated heterocycles. The summed E-state index contributed by atoms with van der Waals surface area (Å²) in [5.74, 6) is -1.30. The van der Waals surface area contributed by atoms with E-state index in [1.54, 1.807) is 0 Å². The van der Waals surface area contributed by atoms with Crippen LogP contribution in [0.25, 0.3) is 0 Å². The number of alkyl halides is 6. The van der Waals surface area contributed by atoms with Crippen molar-refractivity contribution in [1.29, 1.82) is 0 Å². The molecule has 2 fully saturated rings. The molecule has 1 saturated carbocycles. The van der Waals surface area contributed by atoms with E-state index < -0.39 is 64.8 Å². The molecule has 7 nitrogen and oxygen atoms in total. The van der Waals surface area contributed by atoms with Crippen molar-refractivity contribution in [3.05, 3.63) is 11.8 Å². The first kappa shape index (κ1) is 22.8. The minimum absolute atomic E-state index is 0.0117. The Hall–Kier alpha value is -1.83. The molecule has 0 unspecified atom stereocenters. The van der Waals surface area contributed by atoms with Crippen LogP contribution in [-0.2, 0) is 16.2 Å². The van der Waals surface area contributed by atoms with Gasteiger partial charge in [-0.25, -0.2) is 26.6 Å². The molecular formula is C16H20F6N4O3S. The first-order chi connectivity index (χ1) is 13.8. The number of anilines is 1. The van der Waals surface area contributed by atoms with Crippen molar-refractivity contribution >= 4 is 16.0 Å². The third-order valence-corrected chi connectivity index (χ3v) is 6.47. The Balaban J connectivity index is 1.74. The van der Waals surface area contributed by atoms with E-state index >= 15 is 0 Å². The van der Waals surface area contributed by atoms with Crippen LogP contribution in [0.2, 0.25) is 0 Å². The van der Waals surface area contributed by atoms with E-state index in [2.05, 4.69) is 15.3 Å². The maximum Gasteiger partial charge on any atom is 0.423 e. The summed E-state index contributed by atoms with van der Waals surface area (Å²) >= 11 is 0. The molecule has 2 heterocycles. The zero-order valence-corrected chi connectivity index (χ0v) is 16.6. The summed E-state index contributed by atoms with van der Waals surface area (Å²) in [7, 11) is -3.58. The summed E-state index contributed by atoms with van der Waals surface area (Å²) in [6.07, 6.45) is -7.60. The molecule has 170 valence electrons. The molecule has 0 spiro atoms. The molecule has 0 radical (unpaired) electrons. The molecule has 14 heteroatoms. The summed E-state index contributed by atoms with van der Waals surface area (Å²) in [6, 6.07) is -0.941. The fourth-order valence-electron chi connectivity index (χ4n) is 3.05. The highest BCUT2D eigenvalue weighted by atomic mass is 32.2. The zero-order chi connectivity index (χ0) is 22.3. The smallest absolute Gasteiger partial charge is 0.423 e. The molecular weight excluding hydrogens is 442 g/mol. The van der Waals surface area contributed by atoms with Crippen LogP contribution >= 0.6 is 0 Å². The zero-order valence-electron chi connectivity index (χ0n) is 15.8. The normalized spacial score (nSPS) is 24.7. The standard InChI is InChI=1S/C16H20F6N4O3S/c1-30(27,28)26-5-2-11(10(17)7-26)24-14-23-6-9(16(20,21)22)12(25-14)29-8-15(3-4-15)13(18)19/h6,10-11,13H,2-5,7-8H2,1H3,(H,23,24,25)/t10-,11+/m1/s1. The number of ether oxygens (including phenoxy) is 1. The third-order valence-electron chi connectivity index (χ3n) is 5.20. The molecule has 1 aromatic rings. The van der Waals surface area contributed by atoms with Gasteiger partial charge in [-0.3, -0.25) is 0 Å². The Morgan fingerprint density at radius 2 is 2.03 bits per heavy atom.